The predicted octanol–water partition coefficient (Wildman–Crippen LogP) is 3.52. The molecule has 2 aromatic carbocycles. The van der Waals surface area contributed by atoms with Crippen molar-refractivity contribution >= 4 is 62.1 Å². The Kier molecular flexibility index (Phi) is 4.30. The fourth-order valence-corrected chi connectivity index (χ4v) is 2.68. The van der Waals surface area contributed by atoms with Gasteiger partial charge in [0.25, 0.3) is 11.8 Å². The molecule has 4 nitrogen and oxygen atoms in total. The zero-order chi connectivity index (χ0) is 15.7. The Morgan fingerprint density at radius 1 is 1.00 bits per heavy atom. The molecule has 0 bridgehead atoms. The molecule has 0 atom stereocenters. The average Bonchev–Trinajstić information content (AvgIpc) is 2.78. The van der Waals surface area contributed by atoms with Gasteiger partial charge in [0.15, 0.2) is 0 Å². The van der Waals surface area contributed by atoms with Gasteiger partial charge in [-0.2, -0.15) is 0 Å². The Morgan fingerprint density at radius 2 is 1.64 bits per heavy atom. The summed E-state index contributed by atoms with van der Waals surface area (Å²) in [4.78, 5) is 24.5. The quantitative estimate of drug-likeness (QED) is 0.416. The Bertz CT molecular complexity index is 770. The SMILES string of the molecule is O=C1NN(c2ccc(I)cc2)C(=O)C1=Cc1ccc(Br)cc1. The average molecular weight is 469 g/mol. The maximum absolute atomic E-state index is 12.4. The van der Waals surface area contributed by atoms with Crippen molar-refractivity contribution in [3.8, 4) is 0 Å². The molecule has 0 aromatic heterocycles. The van der Waals surface area contributed by atoms with Gasteiger partial charge in [-0.05, 0) is 70.6 Å². The number of carbonyl (C=O) groups excluding carboxylic acids is 2. The van der Waals surface area contributed by atoms with Crippen molar-refractivity contribution in [1.29, 1.82) is 0 Å². The van der Waals surface area contributed by atoms with Crippen LogP contribution in [0.2, 0.25) is 0 Å². The first-order valence-corrected chi connectivity index (χ1v) is 8.30. The van der Waals surface area contributed by atoms with E-state index in [1.807, 2.05) is 36.4 Å². The summed E-state index contributed by atoms with van der Waals surface area (Å²) in [5.74, 6) is -0.749. The zero-order valence-electron chi connectivity index (χ0n) is 11.2. The van der Waals surface area contributed by atoms with E-state index in [0.717, 1.165) is 13.6 Å². The highest BCUT2D eigenvalue weighted by Gasteiger charge is 2.34. The summed E-state index contributed by atoms with van der Waals surface area (Å²) < 4.78 is 2.00. The van der Waals surface area contributed by atoms with Crippen LogP contribution in [0, 0.1) is 3.57 Å². The largest absolute Gasteiger partial charge is 0.282 e. The molecule has 110 valence electrons. The van der Waals surface area contributed by atoms with Crippen LogP contribution in [0.25, 0.3) is 6.08 Å². The zero-order valence-corrected chi connectivity index (χ0v) is 15.0. The second-order valence-electron chi connectivity index (χ2n) is 4.67. The van der Waals surface area contributed by atoms with Crippen molar-refractivity contribution in [3.05, 3.63) is 67.7 Å². The third-order valence-electron chi connectivity index (χ3n) is 3.16. The smallest absolute Gasteiger partial charge is 0.267 e. The van der Waals surface area contributed by atoms with Crippen molar-refractivity contribution in [1.82, 2.24) is 5.43 Å². The molecule has 1 N–H and O–H groups in total. The van der Waals surface area contributed by atoms with E-state index < -0.39 is 5.91 Å². The first kappa shape index (κ1) is 15.2. The molecule has 0 spiro atoms. The molecule has 2 amide bonds. The fraction of sp³-hybridized carbons (Fsp3) is 0. The van der Waals surface area contributed by atoms with E-state index in [0.29, 0.717) is 5.69 Å². The van der Waals surface area contributed by atoms with Gasteiger partial charge in [-0.25, -0.2) is 5.01 Å². The highest BCUT2D eigenvalue weighted by molar-refractivity contribution is 14.1. The molecule has 0 radical (unpaired) electrons. The fourth-order valence-electron chi connectivity index (χ4n) is 2.06. The topological polar surface area (TPSA) is 49.4 Å². The maximum Gasteiger partial charge on any atom is 0.282 e. The number of nitrogens with zero attached hydrogens (tertiary/aromatic N) is 1. The van der Waals surface area contributed by atoms with Crippen LogP contribution < -0.4 is 10.4 Å². The van der Waals surface area contributed by atoms with Gasteiger partial charge in [0.05, 0.1) is 5.69 Å². The molecule has 1 aliphatic rings. The normalized spacial score (nSPS) is 16.3. The standard InChI is InChI=1S/C16H10BrIN2O2/c17-11-3-1-10(2-4-11)9-14-15(21)19-20(16(14)22)13-7-5-12(18)6-8-13/h1-9H,(H,19,21). The third kappa shape index (κ3) is 3.07. The van der Waals surface area contributed by atoms with Crippen LogP contribution in [0.1, 0.15) is 5.56 Å². The number of benzene rings is 2. The molecule has 1 fully saturated rings. The van der Waals surface area contributed by atoms with E-state index in [4.69, 9.17) is 0 Å². The summed E-state index contributed by atoms with van der Waals surface area (Å²) in [6, 6.07) is 14.8. The van der Waals surface area contributed by atoms with Gasteiger partial charge < -0.3 is 0 Å². The number of nitrogens with one attached hydrogen (secondary N) is 1. The molecule has 1 aliphatic heterocycles. The van der Waals surface area contributed by atoms with Crippen molar-refractivity contribution in [3.63, 3.8) is 0 Å². The van der Waals surface area contributed by atoms with Crippen LogP contribution in [0.15, 0.2) is 58.6 Å². The molecular weight excluding hydrogens is 459 g/mol. The Hall–Kier alpha value is -1.67. The Balaban J connectivity index is 1.91. The molecule has 2 aromatic rings. The molecule has 0 saturated carbocycles. The van der Waals surface area contributed by atoms with Crippen molar-refractivity contribution in [2.24, 2.45) is 0 Å². The molecule has 1 saturated heterocycles. The third-order valence-corrected chi connectivity index (χ3v) is 4.41. The van der Waals surface area contributed by atoms with Gasteiger partial charge in [-0.1, -0.05) is 28.1 Å². The van der Waals surface area contributed by atoms with Crippen LogP contribution in [0.4, 0.5) is 5.69 Å². The van der Waals surface area contributed by atoms with Crippen molar-refractivity contribution < 1.29 is 9.59 Å². The number of carbonyl (C=O) groups is 2. The van der Waals surface area contributed by atoms with E-state index in [9.17, 15) is 9.59 Å². The van der Waals surface area contributed by atoms with Gasteiger partial charge >= 0.3 is 0 Å². The van der Waals surface area contributed by atoms with Crippen LogP contribution >= 0.6 is 38.5 Å². The monoisotopic (exact) mass is 468 g/mol. The van der Waals surface area contributed by atoms with Crippen LogP contribution in [0.5, 0.6) is 0 Å². The van der Waals surface area contributed by atoms with E-state index >= 15 is 0 Å². The van der Waals surface area contributed by atoms with Gasteiger partial charge in [-0.3, -0.25) is 15.0 Å². The van der Waals surface area contributed by atoms with E-state index in [1.165, 1.54) is 5.01 Å². The molecule has 1 heterocycles. The van der Waals surface area contributed by atoms with Crippen molar-refractivity contribution in [2.75, 3.05) is 5.01 Å². The van der Waals surface area contributed by atoms with Crippen LogP contribution in [-0.2, 0) is 9.59 Å². The number of rotatable bonds is 2. The van der Waals surface area contributed by atoms with Gasteiger partial charge in [0.1, 0.15) is 5.57 Å². The molecule has 0 aliphatic carbocycles. The Labute approximate surface area is 149 Å². The summed E-state index contributed by atoms with van der Waals surface area (Å²) in [7, 11) is 0. The number of hydrogen-bond donors (Lipinski definition) is 1. The van der Waals surface area contributed by atoms with Crippen molar-refractivity contribution in [2.45, 2.75) is 0 Å². The second-order valence-corrected chi connectivity index (χ2v) is 6.83. The predicted molar refractivity (Wildman–Crippen MR) is 96.9 cm³/mol. The molecule has 3 rings (SSSR count). The van der Waals surface area contributed by atoms with Crippen LogP contribution in [0.3, 0.4) is 0 Å². The minimum Gasteiger partial charge on any atom is -0.267 e. The molecular formula is C16H10BrIN2O2. The number of amides is 2. The summed E-state index contributed by atoms with van der Waals surface area (Å²) in [6.07, 6.45) is 1.59. The molecule has 0 unspecified atom stereocenters. The van der Waals surface area contributed by atoms with E-state index in [1.54, 1.807) is 18.2 Å². The minimum absolute atomic E-state index is 0.126. The van der Waals surface area contributed by atoms with Gasteiger partial charge in [0.2, 0.25) is 0 Å². The highest BCUT2D eigenvalue weighted by Crippen LogP contribution is 2.22. The summed E-state index contributed by atoms with van der Waals surface area (Å²) in [6.45, 7) is 0. The van der Waals surface area contributed by atoms with Gasteiger partial charge in [0, 0.05) is 8.04 Å². The highest BCUT2D eigenvalue weighted by atomic mass is 127. The first-order chi connectivity index (χ1) is 10.5. The lowest BCUT2D eigenvalue weighted by Gasteiger charge is -2.14. The Morgan fingerprint density at radius 3 is 2.27 bits per heavy atom. The van der Waals surface area contributed by atoms with E-state index in [-0.39, 0.29) is 11.5 Å². The lowest BCUT2D eigenvalue weighted by atomic mass is 10.1. The van der Waals surface area contributed by atoms with E-state index in [2.05, 4.69) is 43.9 Å². The summed E-state index contributed by atoms with van der Waals surface area (Å²) >= 11 is 5.54. The number of halogens is 2. The summed E-state index contributed by atoms with van der Waals surface area (Å²) in [5.41, 5.74) is 4.15. The number of hydrogen-bond acceptors (Lipinski definition) is 2. The number of anilines is 1. The van der Waals surface area contributed by atoms with Gasteiger partial charge in [-0.15, -0.1) is 0 Å². The number of hydrazine groups is 1. The second kappa shape index (κ2) is 6.21. The first-order valence-electron chi connectivity index (χ1n) is 6.43. The lowest BCUT2D eigenvalue weighted by Crippen LogP contribution is -2.35. The maximum atomic E-state index is 12.4. The summed E-state index contributed by atoms with van der Waals surface area (Å²) in [5, 5.41) is 1.27. The molecule has 22 heavy (non-hydrogen) atoms. The molecule has 6 heteroatoms. The lowest BCUT2D eigenvalue weighted by molar-refractivity contribution is -0.117. The minimum atomic E-state index is -0.397. The van der Waals surface area contributed by atoms with Crippen LogP contribution in [-0.4, -0.2) is 11.8 Å².